The Labute approximate surface area is 209 Å². The number of esters is 1. The molecule has 2 saturated heterocycles. The monoisotopic (exact) mass is 488 g/mol. The molecule has 8 heteroatoms. The van der Waals surface area contributed by atoms with Crippen molar-refractivity contribution in [3.8, 4) is 11.5 Å². The van der Waals surface area contributed by atoms with Crippen LogP contribution in [0.5, 0.6) is 11.5 Å². The Morgan fingerprint density at radius 2 is 1.61 bits per heavy atom. The van der Waals surface area contributed by atoms with Crippen molar-refractivity contribution in [2.45, 2.75) is 26.7 Å². The van der Waals surface area contributed by atoms with Gasteiger partial charge in [0.25, 0.3) is 0 Å². The van der Waals surface area contributed by atoms with E-state index in [-0.39, 0.29) is 48.4 Å². The molecule has 4 atom stereocenters. The number of imide groups is 1. The zero-order chi connectivity index (χ0) is 25.4. The largest absolute Gasteiger partial charge is 0.494 e. The summed E-state index contributed by atoms with van der Waals surface area (Å²) in [6.45, 7) is 4.64. The lowest BCUT2D eigenvalue weighted by molar-refractivity contribution is -0.139. The maximum absolute atomic E-state index is 13.0. The molecule has 0 bridgehead atoms. The van der Waals surface area contributed by atoms with Crippen LogP contribution in [0.2, 0.25) is 0 Å². The Morgan fingerprint density at radius 3 is 2.28 bits per heavy atom. The number of ether oxygens (including phenoxy) is 2. The van der Waals surface area contributed by atoms with Gasteiger partial charge in [-0.05, 0) is 67.8 Å². The minimum absolute atomic E-state index is 0.0155. The highest BCUT2D eigenvalue weighted by molar-refractivity contribution is 6.22. The first-order valence-electron chi connectivity index (χ1n) is 12.3. The maximum atomic E-state index is 13.0. The van der Waals surface area contributed by atoms with Crippen LogP contribution in [0.1, 0.15) is 26.7 Å². The molecular formula is C28H28N2O6. The fourth-order valence-corrected chi connectivity index (χ4v) is 5.27. The average molecular weight is 489 g/mol. The molecule has 2 aliphatic heterocycles. The fraction of sp³-hybridized carbons (Fsp3) is 0.357. The van der Waals surface area contributed by atoms with E-state index < -0.39 is 11.9 Å². The van der Waals surface area contributed by atoms with E-state index in [2.05, 4.69) is 0 Å². The number of anilines is 2. The Balaban J connectivity index is 1.22. The van der Waals surface area contributed by atoms with Crippen molar-refractivity contribution < 1.29 is 28.7 Å². The minimum Gasteiger partial charge on any atom is -0.494 e. The molecule has 0 spiro atoms. The number of carbonyl (C=O) groups is 4. The van der Waals surface area contributed by atoms with E-state index in [1.165, 1.54) is 4.90 Å². The highest BCUT2D eigenvalue weighted by Gasteiger charge is 2.50. The number of rotatable bonds is 6. The fourth-order valence-electron chi connectivity index (χ4n) is 5.27. The zero-order valence-corrected chi connectivity index (χ0v) is 20.3. The Bertz CT molecular complexity index is 1220. The normalized spacial score (nSPS) is 25.3. The van der Waals surface area contributed by atoms with E-state index in [4.69, 9.17) is 9.47 Å². The molecule has 3 aliphatic rings. The Morgan fingerprint density at radius 1 is 0.944 bits per heavy atom. The van der Waals surface area contributed by atoms with E-state index in [1.807, 2.05) is 26.0 Å². The molecule has 2 heterocycles. The number of hydrogen-bond acceptors (Lipinski definition) is 6. The predicted octanol–water partition coefficient (Wildman–Crippen LogP) is 3.75. The average Bonchev–Trinajstić information content (AvgIpc) is 3.38. The number of amides is 3. The highest BCUT2D eigenvalue weighted by Crippen LogP contribution is 2.40. The third kappa shape index (κ3) is 4.27. The SMILES string of the molecule is CCOc1ccc(N2C[C@H](C(=O)Oc3ccc(N4C(=O)[C@H]5[C@H](C)C=CC[C@@H]5C4=O)cc3)CC2=O)cc1. The molecule has 5 rings (SSSR count). The lowest BCUT2D eigenvalue weighted by Crippen LogP contribution is -2.31. The van der Waals surface area contributed by atoms with Crippen LogP contribution in [0.25, 0.3) is 0 Å². The van der Waals surface area contributed by atoms with Gasteiger partial charge in [-0.15, -0.1) is 0 Å². The molecule has 8 nitrogen and oxygen atoms in total. The van der Waals surface area contributed by atoms with E-state index >= 15 is 0 Å². The van der Waals surface area contributed by atoms with Gasteiger partial charge in [-0.1, -0.05) is 19.1 Å². The second-order valence-electron chi connectivity index (χ2n) is 9.41. The van der Waals surface area contributed by atoms with Gasteiger partial charge in [0, 0.05) is 18.7 Å². The van der Waals surface area contributed by atoms with Gasteiger partial charge in [0.2, 0.25) is 17.7 Å². The summed E-state index contributed by atoms with van der Waals surface area (Å²) in [6, 6.07) is 13.5. The molecular weight excluding hydrogens is 460 g/mol. The zero-order valence-electron chi connectivity index (χ0n) is 20.3. The molecule has 0 radical (unpaired) electrons. The van der Waals surface area contributed by atoms with Crippen molar-refractivity contribution in [2.24, 2.45) is 23.7 Å². The lowest BCUT2D eigenvalue weighted by Gasteiger charge is -2.22. The first-order valence-corrected chi connectivity index (χ1v) is 12.3. The number of nitrogens with zero attached hydrogens (tertiary/aromatic N) is 2. The molecule has 36 heavy (non-hydrogen) atoms. The first-order chi connectivity index (χ1) is 17.4. The molecule has 0 saturated carbocycles. The number of allylic oxidation sites excluding steroid dienone is 2. The topological polar surface area (TPSA) is 93.2 Å². The van der Waals surface area contributed by atoms with Gasteiger partial charge in [0.05, 0.1) is 30.0 Å². The molecule has 3 amide bonds. The number of fused-ring (bicyclic) bond motifs is 1. The predicted molar refractivity (Wildman–Crippen MR) is 133 cm³/mol. The maximum Gasteiger partial charge on any atom is 0.316 e. The van der Waals surface area contributed by atoms with Crippen LogP contribution in [0.15, 0.2) is 60.7 Å². The van der Waals surface area contributed by atoms with Crippen LogP contribution in [-0.2, 0) is 19.2 Å². The van der Waals surface area contributed by atoms with Crippen molar-refractivity contribution in [3.05, 3.63) is 60.7 Å². The summed E-state index contributed by atoms with van der Waals surface area (Å²) < 4.78 is 11.0. The van der Waals surface area contributed by atoms with Gasteiger partial charge in [0.1, 0.15) is 11.5 Å². The Kier molecular flexibility index (Phi) is 6.35. The molecule has 2 fully saturated rings. The van der Waals surface area contributed by atoms with E-state index in [0.717, 1.165) is 5.75 Å². The summed E-state index contributed by atoms with van der Waals surface area (Å²) in [4.78, 5) is 54.0. The standard InChI is InChI=1S/C28H28N2O6/c1-3-35-21-11-7-19(8-12-21)29-16-18(15-24(29)31)28(34)36-22-13-9-20(10-14-22)30-26(32)23-6-4-5-17(2)25(23)27(30)33/h4-5,7-14,17-18,23,25H,3,6,15-16H2,1-2H3/t17-,18-,23+,25+/m1/s1. The van der Waals surface area contributed by atoms with Gasteiger partial charge in [0.15, 0.2) is 0 Å². The van der Waals surface area contributed by atoms with Crippen molar-refractivity contribution in [1.29, 1.82) is 0 Å². The highest BCUT2D eigenvalue weighted by atomic mass is 16.5. The summed E-state index contributed by atoms with van der Waals surface area (Å²) in [6.07, 6.45) is 4.59. The summed E-state index contributed by atoms with van der Waals surface area (Å²) in [5.74, 6) is -1.25. The van der Waals surface area contributed by atoms with Crippen LogP contribution >= 0.6 is 0 Å². The first kappa shape index (κ1) is 23.8. The molecule has 0 N–H and O–H groups in total. The quantitative estimate of drug-likeness (QED) is 0.266. The number of benzene rings is 2. The van der Waals surface area contributed by atoms with Crippen molar-refractivity contribution >= 4 is 35.1 Å². The van der Waals surface area contributed by atoms with Crippen molar-refractivity contribution in [2.75, 3.05) is 23.0 Å². The van der Waals surface area contributed by atoms with Crippen LogP contribution in [-0.4, -0.2) is 36.8 Å². The van der Waals surface area contributed by atoms with Gasteiger partial charge in [-0.2, -0.15) is 0 Å². The summed E-state index contributed by atoms with van der Waals surface area (Å²) in [5.41, 5.74) is 1.16. The van der Waals surface area contributed by atoms with Crippen LogP contribution in [0, 0.1) is 23.7 Å². The lowest BCUT2D eigenvalue weighted by atomic mass is 9.78. The third-order valence-electron chi connectivity index (χ3n) is 7.10. The Hall–Kier alpha value is -3.94. The number of carbonyl (C=O) groups excluding carboxylic acids is 4. The van der Waals surface area contributed by atoms with Crippen LogP contribution in [0.4, 0.5) is 11.4 Å². The molecule has 1 aliphatic carbocycles. The van der Waals surface area contributed by atoms with Gasteiger partial charge in [-0.25, -0.2) is 0 Å². The van der Waals surface area contributed by atoms with Crippen LogP contribution < -0.4 is 19.3 Å². The molecule has 186 valence electrons. The van der Waals surface area contributed by atoms with Crippen LogP contribution in [0.3, 0.4) is 0 Å². The smallest absolute Gasteiger partial charge is 0.316 e. The molecule has 2 aromatic rings. The van der Waals surface area contributed by atoms with Crippen molar-refractivity contribution in [3.63, 3.8) is 0 Å². The van der Waals surface area contributed by atoms with E-state index in [9.17, 15) is 19.2 Å². The van der Waals surface area contributed by atoms with E-state index in [0.29, 0.717) is 30.2 Å². The van der Waals surface area contributed by atoms with Gasteiger partial charge in [-0.3, -0.25) is 24.1 Å². The second-order valence-corrected chi connectivity index (χ2v) is 9.41. The van der Waals surface area contributed by atoms with E-state index in [1.54, 1.807) is 53.4 Å². The summed E-state index contributed by atoms with van der Waals surface area (Å²) >= 11 is 0. The molecule has 0 aromatic heterocycles. The number of hydrogen-bond donors (Lipinski definition) is 0. The summed E-state index contributed by atoms with van der Waals surface area (Å²) in [7, 11) is 0. The van der Waals surface area contributed by atoms with Gasteiger partial charge >= 0.3 is 5.97 Å². The summed E-state index contributed by atoms with van der Waals surface area (Å²) in [5, 5.41) is 0. The van der Waals surface area contributed by atoms with Gasteiger partial charge < -0.3 is 14.4 Å². The molecule has 0 unspecified atom stereocenters. The third-order valence-corrected chi connectivity index (χ3v) is 7.10. The minimum atomic E-state index is -0.595. The van der Waals surface area contributed by atoms with Crippen molar-refractivity contribution in [1.82, 2.24) is 0 Å². The molecule has 2 aromatic carbocycles. The second kappa shape index (κ2) is 9.60.